The van der Waals surface area contributed by atoms with E-state index in [0.29, 0.717) is 35.1 Å². The van der Waals surface area contributed by atoms with Crippen molar-refractivity contribution in [1.82, 2.24) is 0 Å². The molecule has 0 saturated carbocycles. The Hall–Kier alpha value is -3.55. The summed E-state index contributed by atoms with van der Waals surface area (Å²) < 4.78 is 21.1. The van der Waals surface area contributed by atoms with Gasteiger partial charge in [0.25, 0.3) is 5.91 Å². The van der Waals surface area contributed by atoms with Crippen molar-refractivity contribution >= 4 is 23.3 Å². The standard InChI is InChI=1S/C23H25NO7/c1-3-12-28-18-7-4-16(5-8-18)19(25)9-11-22(26)31-15(2)23(27)24-17-6-10-20-21(13-17)30-14-29-20/h4-8,10,13,15H,3,9,11-12,14H2,1-2H3,(H,24,27). The Bertz CT molecular complexity index is 939. The third-order valence-electron chi connectivity index (χ3n) is 4.52. The molecule has 1 heterocycles. The third-order valence-corrected chi connectivity index (χ3v) is 4.52. The fourth-order valence-electron chi connectivity index (χ4n) is 2.84. The summed E-state index contributed by atoms with van der Waals surface area (Å²) in [5.41, 5.74) is 0.990. The molecule has 0 radical (unpaired) electrons. The van der Waals surface area contributed by atoms with Crippen molar-refractivity contribution in [3.63, 3.8) is 0 Å². The number of anilines is 1. The molecule has 164 valence electrons. The Morgan fingerprint density at radius 2 is 1.77 bits per heavy atom. The molecule has 2 aromatic carbocycles. The molecule has 0 spiro atoms. The van der Waals surface area contributed by atoms with Crippen LogP contribution in [0.5, 0.6) is 17.2 Å². The highest BCUT2D eigenvalue weighted by molar-refractivity contribution is 5.98. The quantitative estimate of drug-likeness (QED) is 0.455. The van der Waals surface area contributed by atoms with Gasteiger partial charge in [-0.05, 0) is 49.7 Å². The van der Waals surface area contributed by atoms with Crippen molar-refractivity contribution in [2.45, 2.75) is 39.2 Å². The Morgan fingerprint density at radius 3 is 2.52 bits per heavy atom. The zero-order chi connectivity index (χ0) is 22.2. The molecule has 1 aliphatic rings. The average molecular weight is 427 g/mol. The van der Waals surface area contributed by atoms with Crippen LogP contribution in [0.25, 0.3) is 0 Å². The molecule has 1 amide bonds. The second-order valence-corrected chi connectivity index (χ2v) is 6.99. The first kappa shape index (κ1) is 22.1. The SMILES string of the molecule is CCCOc1ccc(C(=O)CCC(=O)OC(C)C(=O)Nc2ccc3c(c2)OCO3)cc1. The molecule has 1 aliphatic heterocycles. The largest absolute Gasteiger partial charge is 0.494 e. The summed E-state index contributed by atoms with van der Waals surface area (Å²) in [4.78, 5) is 36.6. The van der Waals surface area contributed by atoms with E-state index in [2.05, 4.69) is 5.32 Å². The highest BCUT2D eigenvalue weighted by Gasteiger charge is 2.20. The fourth-order valence-corrected chi connectivity index (χ4v) is 2.84. The monoisotopic (exact) mass is 427 g/mol. The van der Waals surface area contributed by atoms with Crippen LogP contribution >= 0.6 is 0 Å². The smallest absolute Gasteiger partial charge is 0.307 e. The molecule has 3 rings (SSSR count). The molecule has 1 unspecified atom stereocenters. The minimum atomic E-state index is -1.01. The maximum Gasteiger partial charge on any atom is 0.307 e. The highest BCUT2D eigenvalue weighted by Crippen LogP contribution is 2.34. The minimum Gasteiger partial charge on any atom is -0.494 e. The molecule has 31 heavy (non-hydrogen) atoms. The van der Waals surface area contributed by atoms with Crippen LogP contribution in [0.3, 0.4) is 0 Å². The molecule has 2 aromatic rings. The number of Topliss-reactive ketones (excluding diaryl/α,β-unsaturated/α-hetero) is 1. The van der Waals surface area contributed by atoms with Gasteiger partial charge in [-0.25, -0.2) is 0 Å². The van der Waals surface area contributed by atoms with Gasteiger partial charge in [0.15, 0.2) is 23.4 Å². The summed E-state index contributed by atoms with van der Waals surface area (Å²) in [6, 6.07) is 11.8. The van der Waals surface area contributed by atoms with Crippen LogP contribution in [-0.4, -0.2) is 37.2 Å². The zero-order valence-corrected chi connectivity index (χ0v) is 17.5. The van der Waals surface area contributed by atoms with Crippen LogP contribution < -0.4 is 19.5 Å². The van der Waals surface area contributed by atoms with Gasteiger partial charge in [0.1, 0.15) is 5.75 Å². The number of ether oxygens (including phenoxy) is 4. The van der Waals surface area contributed by atoms with E-state index in [4.69, 9.17) is 18.9 Å². The normalized spacial score (nSPS) is 12.7. The number of amides is 1. The second-order valence-electron chi connectivity index (χ2n) is 6.99. The van der Waals surface area contributed by atoms with Crippen molar-refractivity contribution in [2.75, 3.05) is 18.7 Å². The Morgan fingerprint density at radius 1 is 1.03 bits per heavy atom. The average Bonchev–Trinajstić information content (AvgIpc) is 3.24. The van der Waals surface area contributed by atoms with E-state index >= 15 is 0 Å². The number of hydrogen-bond acceptors (Lipinski definition) is 7. The van der Waals surface area contributed by atoms with Crippen LogP contribution in [-0.2, 0) is 14.3 Å². The van der Waals surface area contributed by atoms with Crippen molar-refractivity contribution in [3.8, 4) is 17.2 Å². The second kappa shape index (κ2) is 10.5. The first-order valence-electron chi connectivity index (χ1n) is 10.1. The van der Waals surface area contributed by atoms with E-state index in [1.54, 1.807) is 42.5 Å². The first-order chi connectivity index (χ1) is 15.0. The van der Waals surface area contributed by atoms with Crippen LogP contribution in [0, 0.1) is 0 Å². The summed E-state index contributed by atoms with van der Waals surface area (Å²) in [5.74, 6) is 0.540. The summed E-state index contributed by atoms with van der Waals surface area (Å²) in [5, 5.41) is 2.66. The Balaban J connectivity index is 1.43. The molecule has 1 N–H and O–H groups in total. The molecular weight excluding hydrogens is 402 g/mol. The number of esters is 1. The first-order valence-corrected chi connectivity index (χ1v) is 10.1. The molecular formula is C23H25NO7. The third kappa shape index (κ3) is 6.21. The van der Waals surface area contributed by atoms with E-state index in [1.165, 1.54) is 6.92 Å². The molecule has 8 heteroatoms. The van der Waals surface area contributed by atoms with Crippen LogP contribution in [0.4, 0.5) is 5.69 Å². The van der Waals surface area contributed by atoms with Crippen molar-refractivity contribution in [2.24, 2.45) is 0 Å². The lowest BCUT2D eigenvalue weighted by molar-refractivity contribution is -0.153. The van der Waals surface area contributed by atoms with Gasteiger partial charge in [-0.1, -0.05) is 6.92 Å². The minimum absolute atomic E-state index is 0.00943. The maximum atomic E-state index is 12.3. The lowest BCUT2D eigenvalue weighted by Crippen LogP contribution is -2.30. The highest BCUT2D eigenvalue weighted by atomic mass is 16.7. The number of fused-ring (bicyclic) bond motifs is 1. The number of ketones is 1. The number of benzene rings is 2. The van der Waals surface area contributed by atoms with Gasteiger partial charge in [0.05, 0.1) is 13.0 Å². The molecule has 0 bridgehead atoms. The summed E-state index contributed by atoms with van der Waals surface area (Å²) in [6.07, 6.45) is -0.238. The number of rotatable bonds is 10. The van der Waals surface area contributed by atoms with Gasteiger partial charge in [-0.15, -0.1) is 0 Å². The number of nitrogens with one attached hydrogen (secondary N) is 1. The summed E-state index contributed by atoms with van der Waals surface area (Å²) in [7, 11) is 0. The maximum absolute atomic E-state index is 12.3. The van der Waals surface area contributed by atoms with E-state index in [0.717, 1.165) is 6.42 Å². The molecule has 1 atom stereocenters. The summed E-state index contributed by atoms with van der Waals surface area (Å²) >= 11 is 0. The van der Waals surface area contributed by atoms with Gasteiger partial charge in [0.2, 0.25) is 6.79 Å². The van der Waals surface area contributed by atoms with E-state index in [9.17, 15) is 14.4 Å². The van der Waals surface area contributed by atoms with Crippen molar-refractivity contribution in [3.05, 3.63) is 48.0 Å². The molecule has 0 aromatic heterocycles. The lowest BCUT2D eigenvalue weighted by atomic mass is 10.1. The molecule has 0 saturated heterocycles. The van der Waals surface area contributed by atoms with Gasteiger partial charge in [-0.2, -0.15) is 0 Å². The van der Waals surface area contributed by atoms with Crippen molar-refractivity contribution in [1.29, 1.82) is 0 Å². The van der Waals surface area contributed by atoms with E-state index in [1.807, 2.05) is 6.92 Å². The van der Waals surface area contributed by atoms with E-state index in [-0.39, 0.29) is 25.4 Å². The zero-order valence-electron chi connectivity index (χ0n) is 17.5. The van der Waals surface area contributed by atoms with Gasteiger partial charge < -0.3 is 24.3 Å². The van der Waals surface area contributed by atoms with Crippen LogP contribution in [0.15, 0.2) is 42.5 Å². The molecule has 8 nitrogen and oxygen atoms in total. The predicted molar refractivity (Wildman–Crippen MR) is 113 cm³/mol. The lowest BCUT2D eigenvalue weighted by Gasteiger charge is -2.13. The van der Waals surface area contributed by atoms with Gasteiger partial charge >= 0.3 is 5.97 Å². The van der Waals surface area contributed by atoms with Crippen LogP contribution in [0.2, 0.25) is 0 Å². The number of carbonyl (C=O) groups is 3. The Kier molecular flexibility index (Phi) is 7.48. The Labute approximate surface area is 180 Å². The predicted octanol–water partition coefficient (Wildman–Crippen LogP) is 3.74. The summed E-state index contributed by atoms with van der Waals surface area (Å²) in [6.45, 7) is 4.23. The fraction of sp³-hybridized carbons (Fsp3) is 0.348. The topological polar surface area (TPSA) is 100 Å². The van der Waals surface area contributed by atoms with Gasteiger partial charge in [-0.3, -0.25) is 14.4 Å². The van der Waals surface area contributed by atoms with Crippen molar-refractivity contribution < 1.29 is 33.3 Å². The number of hydrogen-bond donors (Lipinski definition) is 1. The molecule has 0 aliphatic carbocycles. The molecule has 0 fully saturated rings. The van der Waals surface area contributed by atoms with Crippen LogP contribution in [0.1, 0.15) is 43.5 Å². The van der Waals surface area contributed by atoms with Gasteiger partial charge in [0, 0.05) is 23.7 Å². The van der Waals surface area contributed by atoms with E-state index < -0.39 is 18.0 Å². The number of carbonyl (C=O) groups excluding carboxylic acids is 3.